The minimum atomic E-state index is 0.340. The van der Waals surface area contributed by atoms with Crippen molar-refractivity contribution in [1.82, 2.24) is 5.32 Å². The van der Waals surface area contributed by atoms with Gasteiger partial charge in [-0.25, -0.2) is 0 Å². The average molecular weight is 242 g/mol. The molecule has 1 aliphatic rings. The number of halogens is 1. The van der Waals surface area contributed by atoms with E-state index >= 15 is 0 Å². The lowest BCUT2D eigenvalue weighted by Crippen LogP contribution is -2.18. The molecule has 1 N–H and O–H groups in total. The number of ether oxygens (including phenoxy) is 2. The van der Waals surface area contributed by atoms with Gasteiger partial charge in [-0.2, -0.15) is 0 Å². The van der Waals surface area contributed by atoms with E-state index < -0.39 is 0 Å². The van der Waals surface area contributed by atoms with Gasteiger partial charge < -0.3 is 14.8 Å². The maximum absolute atomic E-state index is 5.59. The van der Waals surface area contributed by atoms with Gasteiger partial charge in [-0.05, 0) is 43.6 Å². The molecule has 3 nitrogen and oxygen atoms in total. The van der Waals surface area contributed by atoms with Gasteiger partial charge in [0.2, 0.25) is 6.79 Å². The van der Waals surface area contributed by atoms with E-state index in [0.29, 0.717) is 6.79 Å². The predicted octanol–water partition coefficient (Wildman–Crippen LogP) is 2.18. The monoisotopic (exact) mass is 241 g/mol. The summed E-state index contributed by atoms with van der Waals surface area (Å²) in [5.41, 5.74) is 1.27. The van der Waals surface area contributed by atoms with Crippen molar-refractivity contribution in [2.75, 3.05) is 25.8 Å². The second kappa shape index (κ2) is 5.97. The van der Waals surface area contributed by atoms with E-state index in [1.165, 1.54) is 5.56 Å². The fraction of sp³-hybridized carbons (Fsp3) is 0.500. The van der Waals surface area contributed by atoms with Crippen LogP contribution in [0.25, 0.3) is 0 Å². The SMILES string of the molecule is ClCCCNCCc1ccc2c(c1)OCO2. The van der Waals surface area contributed by atoms with E-state index in [0.717, 1.165) is 43.3 Å². The second-order valence-corrected chi connectivity index (χ2v) is 4.11. The molecular weight excluding hydrogens is 226 g/mol. The van der Waals surface area contributed by atoms with Gasteiger partial charge in [0.05, 0.1) is 0 Å². The maximum atomic E-state index is 5.59. The summed E-state index contributed by atoms with van der Waals surface area (Å²) in [6.45, 7) is 2.29. The number of hydrogen-bond acceptors (Lipinski definition) is 3. The number of fused-ring (bicyclic) bond motifs is 1. The van der Waals surface area contributed by atoms with Crippen LogP contribution in [0.5, 0.6) is 11.5 Å². The Kier molecular flexibility index (Phi) is 4.31. The Hall–Kier alpha value is -0.930. The summed E-state index contributed by atoms with van der Waals surface area (Å²) in [4.78, 5) is 0. The molecule has 4 heteroatoms. The van der Waals surface area contributed by atoms with Crippen LogP contribution in [0.4, 0.5) is 0 Å². The third kappa shape index (κ3) is 3.03. The first-order valence-corrected chi connectivity index (χ1v) is 6.09. The molecule has 1 heterocycles. The smallest absolute Gasteiger partial charge is 0.231 e. The lowest BCUT2D eigenvalue weighted by molar-refractivity contribution is 0.174. The largest absolute Gasteiger partial charge is 0.454 e. The average Bonchev–Trinajstić information content (AvgIpc) is 2.76. The second-order valence-electron chi connectivity index (χ2n) is 3.73. The molecule has 0 atom stereocenters. The fourth-order valence-corrected chi connectivity index (χ4v) is 1.78. The molecule has 0 aromatic heterocycles. The lowest BCUT2D eigenvalue weighted by Gasteiger charge is -2.04. The number of alkyl halides is 1. The van der Waals surface area contributed by atoms with Crippen molar-refractivity contribution in [3.8, 4) is 11.5 Å². The molecule has 0 fully saturated rings. The molecule has 0 amide bonds. The molecule has 0 radical (unpaired) electrons. The molecule has 1 aliphatic heterocycles. The molecule has 0 saturated carbocycles. The van der Waals surface area contributed by atoms with Crippen LogP contribution in [-0.2, 0) is 6.42 Å². The number of benzene rings is 1. The van der Waals surface area contributed by atoms with Crippen LogP contribution in [-0.4, -0.2) is 25.8 Å². The molecule has 1 aromatic rings. The van der Waals surface area contributed by atoms with Crippen molar-refractivity contribution in [2.45, 2.75) is 12.8 Å². The summed E-state index contributed by atoms with van der Waals surface area (Å²) in [6.07, 6.45) is 2.02. The van der Waals surface area contributed by atoms with Crippen LogP contribution < -0.4 is 14.8 Å². The Morgan fingerprint density at radius 1 is 1.19 bits per heavy atom. The molecule has 88 valence electrons. The summed E-state index contributed by atoms with van der Waals surface area (Å²) in [5.74, 6) is 2.42. The van der Waals surface area contributed by atoms with Gasteiger partial charge in [-0.3, -0.25) is 0 Å². The predicted molar refractivity (Wildman–Crippen MR) is 64.5 cm³/mol. The fourth-order valence-electron chi connectivity index (χ4n) is 1.65. The van der Waals surface area contributed by atoms with Gasteiger partial charge in [0.15, 0.2) is 11.5 Å². The first kappa shape index (κ1) is 11.6. The molecule has 0 bridgehead atoms. The zero-order chi connectivity index (χ0) is 11.2. The van der Waals surface area contributed by atoms with Crippen LogP contribution in [0.15, 0.2) is 18.2 Å². The third-order valence-corrected chi connectivity index (χ3v) is 2.78. The molecule has 0 aliphatic carbocycles. The van der Waals surface area contributed by atoms with Crippen LogP contribution in [0.3, 0.4) is 0 Å². The maximum Gasteiger partial charge on any atom is 0.231 e. The summed E-state index contributed by atoms with van der Waals surface area (Å²) in [7, 11) is 0. The zero-order valence-corrected chi connectivity index (χ0v) is 9.93. The van der Waals surface area contributed by atoms with Crippen LogP contribution >= 0.6 is 11.6 Å². The standard InChI is InChI=1S/C12H16ClNO2/c13-5-1-6-14-7-4-10-2-3-11-12(8-10)16-9-15-11/h2-3,8,14H,1,4-7,9H2. The topological polar surface area (TPSA) is 30.5 Å². The highest BCUT2D eigenvalue weighted by Crippen LogP contribution is 2.32. The number of nitrogens with one attached hydrogen (secondary N) is 1. The Morgan fingerprint density at radius 3 is 2.94 bits per heavy atom. The van der Waals surface area contributed by atoms with Crippen LogP contribution in [0.1, 0.15) is 12.0 Å². The Balaban J connectivity index is 1.77. The Bertz CT molecular complexity index is 344. The molecule has 16 heavy (non-hydrogen) atoms. The molecule has 0 spiro atoms. The number of rotatable bonds is 6. The van der Waals surface area contributed by atoms with E-state index in [9.17, 15) is 0 Å². The highest BCUT2D eigenvalue weighted by molar-refractivity contribution is 6.17. The molecule has 0 unspecified atom stereocenters. The highest BCUT2D eigenvalue weighted by atomic mass is 35.5. The van der Waals surface area contributed by atoms with E-state index in [4.69, 9.17) is 21.1 Å². The van der Waals surface area contributed by atoms with Crippen molar-refractivity contribution in [1.29, 1.82) is 0 Å². The van der Waals surface area contributed by atoms with E-state index in [1.807, 2.05) is 12.1 Å². The highest BCUT2D eigenvalue weighted by Gasteiger charge is 2.12. The first-order chi connectivity index (χ1) is 7.90. The Labute approximate surface area is 101 Å². The van der Waals surface area contributed by atoms with Gasteiger partial charge in [0.1, 0.15) is 0 Å². The van der Waals surface area contributed by atoms with Crippen LogP contribution in [0.2, 0.25) is 0 Å². The molecule has 0 saturated heterocycles. The quantitative estimate of drug-likeness (QED) is 0.612. The van der Waals surface area contributed by atoms with E-state index in [1.54, 1.807) is 0 Å². The summed E-state index contributed by atoms with van der Waals surface area (Å²) < 4.78 is 10.6. The Morgan fingerprint density at radius 2 is 2.06 bits per heavy atom. The third-order valence-electron chi connectivity index (χ3n) is 2.51. The summed E-state index contributed by atoms with van der Waals surface area (Å²) >= 11 is 5.59. The first-order valence-electron chi connectivity index (χ1n) is 5.55. The van der Waals surface area contributed by atoms with Gasteiger partial charge in [-0.15, -0.1) is 11.6 Å². The van der Waals surface area contributed by atoms with Gasteiger partial charge >= 0.3 is 0 Å². The van der Waals surface area contributed by atoms with Gasteiger partial charge in [0.25, 0.3) is 0 Å². The molecule has 2 rings (SSSR count). The molecular formula is C12H16ClNO2. The van der Waals surface area contributed by atoms with Gasteiger partial charge in [0, 0.05) is 5.88 Å². The zero-order valence-electron chi connectivity index (χ0n) is 9.17. The number of hydrogen-bond donors (Lipinski definition) is 1. The van der Waals surface area contributed by atoms with E-state index in [-0.39, 0.29) is 0 Å². The summed E-state index contributed by atoms with van der Waals surface area (Å²) in [5, 5.41) is 3.35. The van der Waals surface area contributed by atoms with E-state index in [2.05, 4.69) is 11.4 Å². The van der Waals surface area contributed by atoms with Crippen LogP contribution in [0, 0.1) is 0 Å². The van der Waals surface area contributed by atoms with Crippen molar-refractivity contribution >= 4 is 11.6 Å². The normalized spacial score (nSPS) is 13.1. The minimum absolute atomic E-state index is 0.340. The van der Waals surface area contributed by atoms with Crippen molar-refractivity contribution in [2.24, 2.45) is 0 Å². The van der Waals surface area contributed by atoms with Gasteiger partial charge in [-0.1, -0.05) is 6.07 Å². The van der Waals surface area contributed by atoms with Crippen molar-refractivity contribution in [3.05, 3.63) is 23.8 Å². The molecule has 1 aromatic carbocycles. The van der Waals surface area contributed by atoms with Crippen molar-refractivity contribution in [3.63, 3.8) is 0 Å². The minimum Gasteiger partial charge on any atom is -0.454 e. The summed E-state index contributed by atoms with van der Waals surface area (Å²) in [6, 6.07) is 6.10. The van der Waals surface area contributed by atoms with Crippen molar-refractivity contribution < 1.29 is 9.47 Å². The lowest BCUT2D eigenvalue weighted by atomic mass is 10.1.